The van der Waals surface area contributed by atoms with E-state index >= 15 is 0 Å². The van der Waals surface area contributed by atoms with Gasteiger partial charge >= 0.3 is 0 Å². The van der Waals surface area contributed by atoms with Crippen LogP contribution in [0.2, 0.25) is 0 Å². The molecular weight excluding hydrogens is 354 g/mol. The van der Waals surface area contributed by atoms with E-state index in [1.807, 2.05) is 23.7 Å². The van der Waals surface area contributed by atoms with Crippen molar-refractivity contribution >= 4 is 11.6 Å². The maximum absolute atomic E-state index is 13.2. The molecule has 1 amide bonds. The Hall–Kier alpha value is -1.99. The number of amides is 1. The highest BCUT2D eigenvalue weighted by Crippen LogP contribution is 2.43. The first-order chi connectivity index (χ1) is 13.5. The van der Waals surface area contributed by atoms with Gasteiger partial charge in [0.2, 0.25) is 5.91 Å². The average Bonchev–Trinajstić information content (AvgIpc) is 3.18. The highest BCUT2D eigenvalue weighted by molar-refractivity contribution is 5.78. The fraction of sp³-hybridized carbons (Fsp3) is 0.667. The van der Waals surface area contributed by atoms with Crippen LogP contribution in [0.25, 0.3) is 5.65 Å². The normalized spacial score (nSPS) is 30.0. The van der Waals surface area contributed by atoms with Crippen molar-refractivity contribution in [3.05, 3.63) is 29.2 Å². The summed E-state index contributed by atoms with van der Waals surface area (Å²) < 4.78 is 7.80. The van der Waals surface area contributed by atoms with E-state index in [0.717, 1.165) is 50.2 Å². The zero-order chi connectivity index (χ0) is 19.4. The molecule has 2 saturated heterocycles. The van der Waals surface area contributed by atoms with Crippen molar-refractivity contribution in [1.82, 2.24) is 24.4 Å². The predicted octanol–water partition coefficient (Wildman–Crippen LogP) is 2.13. The average molecular weight is 383 g/mol. The third-order valence-electron chi connectivity index (χ3n) is 6.45. The second-order valence-electron chi connectivity index (χ2n) is 8.73. The van der Waals surface area contributed by atoms with Gasteiger partial charge in [-0.2, -0.15) is 5.10 Å². The molecule has 0 N–H and O–H groups in total. The van der Waals surface area contributed by atoms with Crippen LogP contribution in [0.15, 0.2) is 12.3 Å². The van der Waals surface area contributed by atoms with Gasteiger partial charge < -0.3 is 9.64 Å². The van der Waals surface area contributed by atoms with Gasteiger partial charge in [-0.1, -0.05) is 0 Å². The lowest BCUT2D eigenvalue weighted by Gasteiger charge is -2.38. The summed E-state index contributed by atoms with van der Waals surface area (Å²) in [5.74, 6) is 0.279. The molecule has 3 aliphatic rings. The Bertz CT molecular complexity index is 900. The predicted molar refractivity (Wildman–Crippen MR) is 105 cm³/mol. The lowest BCUT2D eigenvalue weighted by molar-refractivity contribution is -0.136. The van der Waals surface area contributed by atoms with E-state index in [-0.39, 0.29) is 24.2 Å². The number of carbonyl (C=O) groups is 1. The molecule has 2 fully saturated rings. The number of hydrogen-bond acceptors (Lipinski definition) is 5. The molecule has 3 aliphatic heterocycles. The molecule has 2 aromatic heterocycles. The Labute approximate surface area is 165 Å². The number of carbonyl (C=O) groups excluding carboxylic acids is 1. The Morgan fingerprint density at radius 1 is 1.25 bits per heavy atom. The van der Waals surface area contributed by atoms with Crippen LogP contribution in [0.5, 0.6) is 0 Å². The van der Waals surface area contributed by atoms with Crippen molar-refractivity contribution < 1.29 is 9.53 Å². The van der Waals surface area contributed by atoms with Crippen LogP contribution in [0.4, 0.5) is 0 Å². The molecule has 0 radical (unpaired) electrons. The molecule has 4 unspecified atom stereocenters. The fourth-order valence-corrected chi connectivity index (χ4v) is 5.43. The molecular formula is C21H29N5O2. The fourth-order valence-electron chi connectivity index (χ4n) is 5.43. The Kier molecular flexibility index (Phi) is 4.39. The SMILES string of the molecule is Cc1cc2ncc3c(n2n1)CC1CCC3N1C(=O)CCN1CC(C)OC(C)C1. The van der Waals surface area contributed by atoms with Crippen LogP contribution in [0, 0.1) is 6.92 Å². The van der Waals surface area contributed by atoms with Crippen molar-refractivity contribution in [3.8, 4) is 0 Å². The molecule has 0 aliphatic carbocycles. The quantitative estimate of drug-likeness (QED) is 0.813. The smallest absolute Gasteiger partial charge is 0.224 e. The van der Waals surface area contributed by atoms with E-state index in [9.17, 15) is 4.79 Å². The van der Waals surface area contributed by atoms with Crippen LogP contribution in [0.1, 0.15) is 56.1 Å². The molecule has 28 heavy (non-hydrogen) atoms. The highest BCUT2D eigenvalue weighted by atomic mass is 16.5. The molecule has 0 spiro atoms. The van der Waals surface area contributed by atoms with Crippen molar-refractivity contribution in [2.75, 3.05) is 19.6 Å². The number of hydrogen-bond donors (Lipinski definition) is 0. The minimum Gasteiger partial charge on any atom is -0.373 e. The second-order valence-corrected chi connectivity index (χ2v) is 8.73. The van der Waals surface area contributed by atoms with E-state index in [1.54, 1.807) is 0 Å². The van der Waals surface area contributed by atoms with Gasteiger partial charge in [-0.3, -0.25) is 9.69 Å². The highest BCUT2D eigenvalue weighted by Gasteiger charge is 2.43. The summed E-state index contributed by atoms with van der Waals surface area (Å²) in [5.41, 5.74) is 4.32. The van der Waals surface area contributed by atoms with Crippen molar-refractivity contribution in [2.24, 2.45) is 0 Å². The summed E-state index contributed by atoms with van der Waals surface area (Å²) in [6, 6.07) is 2.47. The monoisotopic (exact) mass is 383 g/mol. The topological polar surface area (TPSA) is 63.0 Å². The molecule has 150 valence electrons. The summed E-state index contributed by atoms with van der Waals surface area (Å²) in [5, 5.41) is 4.64. The summed E-state index contributed by atoms with van der Waals surface area (Å²) in [4.78, 5) is 22.3. The van der Waals surface area contributed by atoms with Gasteiger partial charge in [-0.05, 0) is 33.6 Å². The lowest BCUT2D eigenvalue weighted by Crippen LogP contribution is -2.48. The molecule has 2 aromatic rings. The van der Waals surface area contributed by atoms with Crippen LogP contribution in [-0.4, -0.2) is 68.2 Å². The van der Waals surface area contributed by atoms with Crippen LogP contribution in [0.3, 0.4) is 0 Å². The minimum absolute atomic E-state index is 0.158. The van der Waals surface area contributed by atoms with E-state index in [0.29, 0.717) is 12.5 Å². The first kappa shape index (κ1) is 18.1. The lowest BCUT2D eigenvalue weighted by atomic mass is 9.98. The van der Waals surface area contributed by atoms with E-state index in [2.05, 4.69) is 33.7 Å². The zero-order valence-corrected chi connectivity index (χ0v) is 17.0. The van der Waals surface area contributed by atoms with Gasteiger partial charge in [0, 0.05) is 56.3 Å². The number of aromatic nitrogens is 3. The molecule has 4 atom stereocenters. The molecule has 0 saturated carbocycles. The maximum atomic E-state index is 13.2. The summed E-state index contributed by atoms with van der Waals surface area (Å²) in [6.45, 7) is 8.85. The molecule has 5 rings (SSSR count). The van der Waals surface area contributed by atoms with E-state index in [4.69, 9.17) is 4.74 Å². The van der Waals surface area contributed by atoms with Gasteiger partial charge in [0.25, 0.3) is 0 Å². The van der Waals surface area contributed by atoms with Gasteiger partial charge in [0.05, 0.1) is 29.6 Å². The summed E-state index contributed by atoms with van der Waals surface area (Å²) in [7, 11) is 0. The van der Waals surface area contributed by atoms with Gasteiger partial charge in [0.1, 0.15) is 0 Å². The minimum atomic E-state index is 0.158. The van der Waals surface area contributed by atoms with Crippen molar-refractivity contribution in [1.29, 1.82) is 0 Å². The van der Waals surface area contributed by atoms with Crippen LogP contribution >= 0.6 is 0 Å². The molecule has 5 heterocycles. The van der Waals surface area contributed by atoms with Gasteiger partial charge in [-0.25, -0.2) is 9.50 Å². The molecule has 7 heteroatoms. The first-order valence-electron chi connectivity index (χ1n) is 10.5. The van der Waals surface area contributed by atoms with Crippen molar-refractivity contribution in [2.45, 2.75) is 70.7 Å². The maximum Gasteiger partial charge on any atom is 0.224 e. The van der Waals surface area contributed by atoms with Crippen LogP contribution in [-0.2, 0) is 16.0 Å². The Morgan fingerprint density at radius 2 is 2.04 bits per heavy atom. The number of aryl methyl sites for hydroxylation is 1. The number of nitrogens with zero attached hydrogens (tertiary/aromatic N) is 5. The second kappa shape index (κ2) is 6.81. The Balaban J connectivity index is 1.33. The standard InChI is InChI=1S/C21H29N5O2/c1-13-8-20-22-10-17-18-5-4-16(9-19(17)26(20)23-13)25(18)21(27)6-7-24-11-14(2)28-15(3)12-24/h8,10,14-16,18H,4-7,9,11-12H2,1-3H3. The third kappa shape index (κ3) is 3.01. The van der Waals surface area contributed by atoms with Crippen LogP contribution < -0.4 is 0 Å². The molecule has 2 bridgehead atoms. The number of morpholine rings is 1. The van der Waals surface area contributed by atoms with Crippen molar-refractivity contribution in [3.63, 3.8) is 0 Å². The number of ether oxygens (including phenoxy) is 1. The largest absolute Gasteiger partial charge is 0.373 e. The van der Waals surface area contributed by atoms with E-state index in [1.165, 1.54) is 11.3 Å². The summed E-state index contributed by atoms with van der Waals surface area (Å²) in [6.07, 6.45) is 6.01. The summed E-state index contributed by atoms with van der Waals surface area (Å²) >= 11 is 0. The zero-order valence-electron chi connectivity index (χ0n) is 17.0. The van der Waals surface area contributed by atoms with Gasteiger partial charge in [0.15, 0.2) is 5.65 Å². The first-order valence-corrected chi connectivity index (χ1v) is 10.5. The van der Waals surface area contributed by atoms with Gasteiger partial charge in [-0.15, -0.1) is 0 Å². The van der Waals surface area contributed by atoms with E-state index < -0.39 is 0 Å². The number of fused-ring (bicyclic) bond motifs is 6. The third-order valence-corrected chi connectivity index (χ3v) is 6.45. The Morgan fingerprint density at radius 3 is 2.82 bits per heavy atom. The number of rotatable bonds is 3. The molecule has 7 nitrogen and oxygen atoms in total. The molecule has 0 aromatic carbocycles.